The molecule has 5 nitrogen and oxygen atoms in total. The lowest BCUT2D eigenvalue weighted by atomic mass is 10.1. The molecule has 0 spiro atoms. The highest BCUT2D eigenvalue weighted by molar-refractivity contribution is 7.80. The Morgan fingerprint density at radius 1 is 0.971 bits per heavy atom. The number of halogens is 4. The summed E-state index contributed by atoms with van der Waals surface area (Å²) in [6.45, 7) is 3.58. The average Bonchev–Trinajstić information content (AvgIpc) is 3.04. The second-order valence-corrected chi connectivity index (χ2v) is 8.03. The molecule has 4 rings (SSSR count). The Labute approximate surface area is 197 Å². The number of anilines is 1. The molecule has 2 aromatic carbocycles. The summed E-state index contributed by atoms with van der Waals surface area (Å²) in [4.78, 5) is 26.7. The molecule has 0 saturated carbocycles. The van der Waals surface area contributed by atoms with Gasteiger partial charge >= 0.3 is 6.18 Å². The van der Waals surface area contributed by atoms with Crippen LogP contribution >= 0.6 is 12.2 Å². The summed E-state index contributed by atoms with van der Waals surface area (Å²) in [6.07, 6.45) is -3.25. The first-order valence-electron chi connectivity index (χ1n) is 10.0. The van der Waals surface area contributed by atoms with Gasteiger partial charge in [-0.05, 0) is 86.2 Å². The Bertz CT molecular complexity index is 1360. The highest BCUT2D eigenvalue weighted by Crippen LogP contribution is 2.33. The quantitative estimate of drug-likeness (QED) is 0.243. The van der Waals surface area contributed by atoms with E-state index < -0.39 is 23.6 Å². The molecule has 2 amide bonds. The van der Waals surface area contributed by atoms with Gasteiger partial charge < -0.3 is 4.57 Å². The van der Waals surface area contributed by atoms with E-state index in [9.17, 15) is 27.2 Å². The highest BCUT2D eigenvalue weighted by atomic mass is 32.1. The summed E-state index contributed by atoms with van der Waals surface area (Å²) in [7, 11) is 0. The smallest absolute Gasteiger partial charge is 0.318 e. The predicted molar refractivity (Wildman–Crippen MR) is 123 cm³/mol. The zero-order valence-corrected chi connectivity index (χ0v) is 18.7. The third-order valence-corrected chi connectivity index (χ3v) is 5.67. The third kappa shape index (κ3) is 4.24. The summed E-state index contributed by atoms with van der Waals surface area (Å²) in [5.74, 6) is -1.99. The Hall–Kier alpha value is -3.79. The van der Waals surface area contributed by atoms with Crippen molar-refractivity contribution in [1.29, 1.82) is 0 Å². The molecule has 1 N–H and O–H groups in total. The summed E-state index contributed by atoms with van der Waals surface area (Å²) in [5, 5.41) is 2.05. The number of thiocarbonyl (C=S) groups is 1. The molecule has 10 heteroatoms. The minimum absolute atomic E-state index is 0.118. The van der Waals surface area contributed by atoms with Crippen LogP contribution in [0.25, 0.3) is 11.8 Å². The lowest BCUT2D eigenvalue weighted by molar-refractivity contribution is -0.137. The van der Waals surface area contributed by atoms with Gasteiger partial charge in [-0.1, -0.05) is 6.07 Å². The van der Waals surface area contributed by atoms with Crippen LogP contribution in [0.15, 0.2) is 60.2 Å². The van der Waals surface area contributed by atoms with E-state index in [4.69, 9.17) is 12.2 Å². The normalized spacial score (nSPS) is 15.8. The summed E-state index contributed by atoms with van der Waals surface area (Å²) in [6, 6.07) is 11.7. The molecule has 1 aliphatic rings. The lowest BCUT2D eigenvalue weighted by Gasteiger charge is -2.29. The first kappa shape index (κ1) is 23.4. The van der Waals surface area contributed by atoms with E-state index in [2.05, 4.69) is 5.32 Å². The molecule has 1 aliphatic heterocycles. The van der Waals surface area contributed by atoms with E-state index in [-0.39, 0.29) is 22.2 Å². The van der Waals surface area contributed by atoms with Crippen LogP contribution in [0, 0.1) is 19.7 Å². The molecule has 34 heavy (non-hydrogen) atoms. The second kappa shape index (κ2) is 8.53. The average molecular weight is 487 g/mol. The molecule has 0 radical (unpaired) electrons. The van der Waals surface area contributed by atoms with E-state index in [1.165, 1.54) is 24.3 Å². The van der Waals surface area contributed by atoms with Gasteiger partial charge in [0.1, 0.15) is 11.4 Å². The van der Waals surface area contributed by atoms with Gasteiger partial charge in [-0.2, -0.15) is 13.2 Å². The maximum absolute atomic E-state index is 13.3. The first-order valence-corrected chi connectivity index (χ1v) is 10.4. The number of carbonyl (C=O) groups is 2. The van der Waals surface area contributed by atoms with Crippen molar-refractivity contribution in [2.45, 2.75) is 20.0 Å². The number of alkyl halides is 3. The molecule has 174 valence electrons. The molecule has 0 aliphatic carbocycles. The zero-order chi connectivity index (χ0) is 24.8. The molecule has 2 heterocycles. The Kier molecular flexibility index (Phi) is 5.86. The van der Waals surface area contributed by atoms with Crippen LogP contribution in [-0.4, -0.2) is 21.5 Å². The number of nitrogens with one attached hydrogen (secondary N) is 1. The van der Waals surface area contributed by atoms with Gasteiger partial charge in [0, 0.05) is 17.1 Å². The van der Waals surface area contributed by atoms with Crippen LogP contribution in [0.2, 0.25) is 0 Å². The third-order valence-electron chi connectivity index (χ3n) is 5.39. The summed E-state index contributed by atoms with van der Waals surface area (Å²) in [5.41, 5.74) is 1.31. The molecule has 1 aromatic heterocycles. The minimum atomic E-state index is -4.61. The van der Waals surface area contributed by atoms with Crippen LogP contribution in [0.5, 0.6) is 0 Å². The topological polar surface area (TPSA) is 54.3 Å². The van der Waals surface area contributed by atoms with E-state index in [0.29, 0.717) is 16.9 Å². The number of carbonyl (C=O) groups excluding carboxylic acids is 2. The van der Waals surface area contributed by atoms with E-state index in [0.717, 1.165) is 28.8 Å². The van der Waals surface area contributed by atoms with Crippen LogP contribution in [0.3, 0.4) is 0 Å². The number of amides is 2. The molecule has 1 saturated heterocycles. The van der Waals surface area contributed by atoms with Gasteiger partial charge in [0.15, 0.2) is 5.11 Å². The number of aryl methyl sites for hydroxylation is 1. The van der Waals surface area contributed by atoms with E-state index in [1.54, 1.807) is 25.1 Å². The number of hydrogen-bond acceptors (Lipinski definition) is 3. The van der Waals surface area contributed by atoms with Crippen molar-refractivity contribution in [2.24, 2.45) is 0 Å². The van der Waals surface area contributed by atoms with Crippen molar-refractivity contribution in [1.82, 2.24) is 9.88 Å². The van der Waals surface area contributed by atoms with Crippen molar-refractivity contribution in [3.63, 3.8) is 0 Å². The summed E-state index contributed by atoms with van der Waals surface area (Å²) < 4.78 is 54.6. The van der Waals surface area contributed by atoms with Crippen molar-refractivity contribution < 1.29 is 27.2 Å². The monoisotopic (exact) mass is 487 g/mol. The van der Waals surface area contributed by atoms with Crippen LogP contribution in [0.4, 0.5) is 23.2 Å². The molecule has 3 aromatic rings. The van der Waals surface area contributed by atoms with Gasteiger partial charge in [-0.25, -0.2) is 4.39 Å². The van der Waals surface area contributed by atoms with Crippen LogP contribution in [0.1, 0.15) is 22.5 Å². The second-order valence-electron chi connectivity index (χ2n) is 7.64. The number of aromatic nitrogens is 1. The fraction of sp³-hybridized carbons (Fsp3) is 0.125. The van der Waals surface area contributed by atoms with Crippen molar-refractivity contribution >= 4 is 40.9 Å². The fourth-order valence-electron chi connectivity index (χ4n) is 3.79. The SMILES string of the molecule is Cc1cc(/C=C2/C(=O)NC(=S)N(c3cccc(C(F)(F)F)c3)C2=O)c(C)n1-c1ccc(F)cc1. The molecular weight excluding hydrogens is 470 g/mol. The standard InChI is InChI=1S/C24H17F4N3O2S/c1-13-10-15(14(2)30(13)18-8-6-17(25)7-9-18)11-20-21(32)29-23(34)31(22(20)33)19-5-3-4-16(12-19)24(26,27)28/h3-12H,1-2H3,(H,29,32,34)/b20-11-. The number of hydrogen-bond donors (Lipinski definition) is 1. The molecule has 0 bridgehead atoms. The minimum Gasteiger partial charge on any atom is -0.318 e. The largest absolute Gasteiger partial charge is 0.416 e. The van der Waals surface area contributed by atoms with E-state index in [1.807, 2.05) is 11.5 Å². The number of rotatable bonds is 3. The Balaban J connectivity index is 1.75. The van der Waals surface area contributed by atoms with Crippen molar-refractivity contribution in [2.75, 3.05) is 4.90 Å². The number of nitrogens with zero attached hydrogens (tertiary/aromatic N) is 2. The van der Waals surface area contributed by atoms with Gasteiger partial charge in [0.2, 0.25) is 0 Å². The van der Waals surface area contributed by atoms with Gasteiger partial charge in [-0.3, -0.25) is 19.8 Å². The maximum atomic E-state index is 13.3. The molecule has 0 unspecified atom stereocenters. The predicted octanol–water partition coefficient (Wildman–Crippen LogP) is 5.08. The van der Waals surface area contributed by atoms with Crippen LogP contribution in [-0.2, 0) is 15.8 Å². The van der Waals surface area contributed by atoms with E-state index >= 15 is 0 Å². The van der Waals surface area contributed by atoms with Gasteiger partial charge in [0.25, 0.3) is 11.8 Å². The molecule has 0 atom stereocenters. The van der Waals surface area contributed by atoms with Gasteiger partial charge in [-0.15, -0.1) is 0 Å². The lowest BCUT2D eigenvalue weighted by Crippen LogP contribution is -2.54. The maximum Gasteiger partial charge on any atom is 0.416 e. The summed E-state index contributed by atoms with van der Waals surface area (Å²) >= 11 is 5.07. The first-order chi connectivity index (χ1) is 16.0. The highest BCUT2D eigenvalue weighted by Gasteiger charge is 2.36. The number of benzene rings is 2. The Morgan fingerprint density at radius 2 is 1.65 bits per heavy atom. The zero-order valence-electron chi connectivity index (χ0n) is 17.9. The van der Waals surface area contributed by atoms with Crippen molar-refractivity contribution in [3.8, 4) is 5.69 Å². The van der Waals surface area contributed by atoms with Gasteiger partial charge in [0.05, 0.1) is 11.3 Å². The Morgan fingerprint density at radius 3 is 2.29 bits per heavy atom. The van der Waals surface area contributed by atoms with Crippen LogP contribution < -0.4 is 10.2 Å². The molecule has 1 fully saturated rings. The fourth-order valence-corrected chi connectivity index (χ4v) is 4.07. The van der Waals surface area contributed by atoms with Crippen molar-refractivity contribution in [3.05, 3.63) is 88.5 Å². The molecular formula is C24H17F4N3O2S.